The van der Waals surface area contributed by atoms with E-state index in [1.54, 1.807) is 0 Å². The van der Waals surface area contributed by atoms with Crippen LogP contribution in [0.5, 0.6) is 0 Å². The summed E-state index contributed by atoms with van der Waals surface area (Å²) in [5.74, 6) is 2.43. The van der Waals surface area contributed by atoms with Gasteiger partial charge >= 0.3 is 0 Å². The molecule has 1 aliphatic heterocycles. The average molecular weight is 328 g/mol. The van der Waals surface area contributed by atoms with Gasteiger partial charge in [0.05, 0.1) is 5.54 Å². The van der Waals surface area contributed by atoms with Crippen LogP contribution >= 0.6 is 27.7 Å². The second-order valence-corrected chi connectivity index (χ2v) is 6.59. The maximum absolute atomic E-state index is 12.2. The number of alkyl halides is 1. The molecule has 18 heavy (non-hydrogen) atoms. The van der Waals surface area contributed by atoms with Crippen LogP contribution in [0.15, 0.2) is 30.3 Å². The molecule has 1 aromatic carbocycles. The summed E-state index contributed by atoms with van der Waals surface area (Å²) < 4.78 is 0. The van der Waals surface area contributed by atoms with E-state index in [-0.39, 0.29) is 17.4 Å². The molecule has 1 aliphatic rings. The molecular formula is C14H18BrNOS. The third-order valence-electron chi connectivity index (χ3n) is 3.38. The molecule has 0 spiro atoms. The van der Waals surface area contributed by atoms with Gasteiger partial charge in [-0.15, -0.1) is 0 Å². The van der Waals surface area contributed by atoms with E-state index >= 15 is 0 Å². The van der Waals surface area contributed by atoms with Gasteiger partial charge in [0.15, 0.2) is 0 Å². The highest BCUT2D eigenvalue weighted by molar-refractivity contribution is 9.09. The van der Waals surface area contributed by atoms with Gasteiger partial charge in [0.2, 0.25) is 5.91 Å². The smallest absolute Gasteiger partial charge is 0.224 e. The van der Waals surface area contributed by atoms with Crippen LogP contribution in [-0.4, -0.2) is 22.7 Å². The first kappa shape index (κ1) is 13.9. The summed E-state index contributed by atoms with van der Waals surface area (Å²) in [4.78, 5) is 12.2. The molecule has 4 heteroatoms. The van der Waals surface area contributed by atoms with E-state index in [9.17, 15) is 4.79 Å². The fourth-order valence-corrected chi connectivity index (χ4v) is 3.79. The molecule has 2 rings (SSSR count). The van der Waals surface area contributed by atoms with Crippen molar-refractivity contribution in [2.75, 3.05) is 16.8 Å². The first-order valence-electron chi connectivity index (χ1n) is 6.17. The molecule has 1 N–H and O–H groups in total. The standard InChI is InChI=1S/C14H18BrNOS/c1-14(10-15,12-5-3-2-4-6-12)16-13(17)11-7-8-18-9-11/h2-6,11H,7-10H2,1H3,(H,16,17). The Kier molecular flexibility index (Phi) is 4.73. The number of carbonyl (C=O) groups is 1. The number of halogens is 1. The van der Waals surface area contributed by atoms with E-state index in [1.807, 2.05) is 30.0 Å². The molecule has 1 saturated heterocycles. The molecule has 98 valence electrons. The van der Waals surface area contributed by atoms with E-state index in [1.165, 1.54) is 0 Å². The number of carbonyl (C=O) groups excluding carboxylic acids is 1. The Morgan fingerprint density at radius 1 is 1.50 bits per heavy atom. The van der Waals surface area contributed by atoms with Crippen LogP contribution in [0, 0.1) is 5.92 Å². The Bertz CT molecular complexity index is 406. The van der Waals surface area contributed by atoms with Gasteiger partial charge in [-0.05, 0) is 24.7 Å². The number of benzene rings is 1. The minimum absolute atomic E-state index is 0.178. The molecule has 0 aromatic heterocycles. The third-order valence-corrected chi connectivity index (χ3v) is 5.66. The van der Waals surface area contributed by atoms with Crippen molar-refractivity contribution in [3.63, 3.8) is 0 Å². The molecule has 2 atom stereocenters. The topological polar surface area (TPSA) is 29.1 Å². The second kappa shape index (κ2) is 6.11. The Morgan fingerprint density at radius 3 is 2.78 bits per heavy atom. The van der Waals surface area contributed by atoms with Crippen LogP contribution in [0.4, 0.5) is 0 Å². The number of hydrogen-bond donors (Lipinski definition) is 1. The molecule has 2 unspecified atom stereocenters. The van der Waals surface area contributed by atoms with Gasteiger partial charge < -0.3 is 5.32 Å². The first-order chi connectivity index (χ1) is 8.65. The fourth-order valence-electron chi connectivity index (χ4n) is 2.10. The molecule has 0 saturated carbocycles. The number of amides is 1. The highest BCUT2D eigenvalue weighted by Gasteiger charge is 2.31. The molecule has 1 fully saturated rings. The molecule has 1 heterocycles. The van der Waals surface area contributed by atoms with Crippen LogP contribution < -0.4 is 5.32 Å². The fraction of sp³-hybridized carbons (Fsp3) is 0.500. The summed E-state index contributed by atoms with van der Waals surface area (Å²) in [6, 6.07) is 10.1. The largest absolute Gasteiger partial charge is 0.346 e. The van der Waals surface area contributed by atoms with Gasteiger partial charge in [0.25, 0.3) is 0 Å². The van der Waals surface area contributed by atoms with Crippen LogP contribution in [0.2, 0.25) is 0 Å². The van der Waals surface area contributed by atoms with Crippen molar-refractivity contribution in [1.29, 1.82) is 0 Å². The van der Waals surface area contributed by atoms with E-state index < -0.39 is 0 Å². The molecule has 0 aliphatic carbocycles. The van der Waals surface area contributed by atoms with Crippen molar-refractivity contribution in [2.45, 2.75) is 18.9 Å². The maximum atomic E-state index is 12.2. The summed E-state index contributed by atoms with van der Waals surface area (Å²) in [5, 5.41) is 3.92. The lowest BCUT2D eigenvalue weighted by atomic mass is 9.93. The monoisotopic (exact) mass is 327 g/mol. The molecule has 1 amide bonds. The van der Waals surface area contributed by atoms with Crippen LogP contribution in [0.1, 0.15) is 18.9 Å². The van der Waals surface area contributed by atoms with Crippen molar-refractivity contribution >= 4 is 33.6 Å². The highest BCUT2D eigenvalue weighted by atomic mass is 79.9. The lowest BCUT2D eigenvalue weighted by Crippen LogP contribution is -2.47. The van der Waals surface area contributed by atoms with E-state index in [4.69, 9.17) is 0 Å². The Labute approximate surface area is 121 Å². The number of hydrogen-bond acceptors (Lipinski definition) is 2. The van der Waals surface area contributed by atoms with Gasteiger partial charge in [-0.25, -0.2) is 0 Å². The minimum atomic E-state index is -0.328. The van der Waals surface area contributed by atoms with Crippen LogP contribution in [0.25, 0.3) is 0 Å². The number of nitrogens with one attached hydrogen (secondary N) is 1. The average Bonchev–Trinajstić information content (AvgIpc) is 2.93. The summed E-state index contributed by atoms with van der Waals surface area (Å²) >= 11 is 5.39. The Morgan fingerprint density at radius 2 is 2.22 bits per heavy atom. The van der Waals surface area contributed by atoms with Gasteiger partial charge in [0.1, 0.15) is 0 Å². The van der Waals surface area contributed by atoms with Crippen molar-refractivity contribution < 1.29 is 4.79 Å². The predicted molar refractivity (Wildman–Crippen MR) is 81.2 cm³/mol. The summed E-state index contributed by atoms with van der Waals surface area (Å²) in [6.45, 7) is 2.07. The molecule has 0 bridgehead atoms. The zero-order chi connectivity index (χ0) is 13.0. The van der Waals surface area contributed by atoms with E-state index in [0.29, 0.717) is 0 Å². The zero-order valence-electron chi connectivity index (χ0n) is 10.5. The summed E-state index contributed by atoms with van der Waals surface area (Å²) in [7, 11) is 0. The van der Waals surface area contributed by atoms with Gasteiger partial charge in [-0.2, -0.15) is 11.8 Å². The molecule has 1 aromatic rings. The minimum Gasteiger partial charge on any atom is -0.346 e. The Balaban J connectivity index is 2.10. The third kappa shape index (κ3) is 3.09. The summed E-state index contributed by atoms with van der Waals surface area (Å²) in [6.07, 6.45) is 1.00. The van der Waals surface area contributed by atoms with Crippen LogP contribution in [-0.2, 0) is 10.3 Å². The lowest BCUT2D eigenvalue weighted by molar-refractivity contribution is -0.125. The van der Waals surface area contributed by atoms with Crippen molar-refractivity contribution in [3.05, 3.63) is 35.9 Å². The van der Waals surface area contributed by atoms with Gasteiger partial charge in [-0.1, -0.05) is 46.3 Å². The normalized spacial score (nSPS) is 22.4. The SMILES string of the molecule is CC(CBr)(NC(=O)C1CCSC1)c1ccccc1. The second-order valence-electron chi connectivity index (χ2n) is 4.88. The van der Waals surface area contributed by atoms with Crippen molar-refractivity contribution in [2.24, 2.45) is 5.92 Å². The lowest BCUT2D eigenvalue weighted by Gasteiger charge is -2.30. The highest BCUT2D eigenvalue weighted by Crippen LogP contribution is 2.27. The first-order valence-corrected chi connectivity index (χ1v) is 8.44. The number of thioether (sulfide) groups is 1. The van der Waals surface area contributed by atoms with E-state index in [2.05, 4.69) is 40.3 Å². The zero-order valence-corrected chi connectivity index (χ0v) is 12.9. The maximum Gasteiger partial charge on any atom is 0.224 e. The predicted octanol–water partition coefficient (Wildman–Crippen LogP) is 3.17. The van der Waals surface area contributed by atoms with Gasteiger partial charge in [-0.3, -0.25) is 4.79 Å². The summed E-state index contributed by atoms with van der Waals surface area (Å²) in [5.41, 5.74) is 0.812. The van der Waals surface area contributed by atoms with Crippen LogP contribution in [0.3, 0.4) is 0 Å². The van der Waals surface area contributed by atoms with E-state index in [0.717, 1.165) is 28.8 Å². The molecular weight excluding hydrogens is 310 g/mol. The van der Waals surface area contributed by atoms with Crippen molar-refractivity contribution in [1.82, 2.24) is 5.32 Å². The number of rotatable bonds is 4. The quantitative estimate of drug-likeness (QED) is 0.860. The Hall–Kier alpha value is -0.480. The molecule has 0 radical (unpaired) electrons. The molecule has 2 nitrogen and oxygen atoms in total. The van der Waals surface area contributed by atoms with Crippen molar-refractivity contribution in [3.8, 4) is 0 Å². The van der Waals surface area contributed by atoms with Gasteiger partial charge in [0, 0.05) is 17.0 Å².